The van der Waals surface area contributed by atoms with E-state index in [1.165, 1.54) is 51.4 Å². The molecule has 5 atom stereocenters. The second kappa shape index (κ2) is 10.2. The van der Waals surface area contributed by atoms with Gasteiger partial charge in [0.25, 0.3) is 0 Å². The molecule has 0 bridgehead atoms. The van der Waals surface area contributed by atoms with Gasteiger partial charge >= 0.3 is 0 Å². The minimum absolute atomic E-state index is 0.00764. The van der Waals surface area contributed by atoms with Crippen LogP contribution >= 0.6 is 0 Å². The molecule has 3 aliphatic heterocycles. The lowest BCUT2D eigenvalue weighted by atomic mass is 9.98. The van der Waals surface area contributed by atoms with Gasteiger partial charge in [-0.2, -0.15) is 0 Å². The maximum absolute atomic E-state index is 6.57. The van der Waals surface area contributed by atoms with Crippen LogP contribution in [-0.2, 0) is 18.9 Å². The summed E-state index contributed by atoms with van der Waals surface area (Å²) in [5.41, 5.74) is 0. The molecule has 0 amide bonds. The number of unbranched alkanes of at least 4 members (excludes halogenated alkanes) is 8. The quantitative estimate of drug-likeness (QED) is 0.455. The summed E-state index contributed by atoms with van der Waals surface area (Å²) < 4.78 is 25.5. The maximum atomic E-state index is 6.57. The summed E-state index contributed by atoms with van der Waals surface area (Å²) in [6, 6.07) is 0. The van der Waals surface area contributed by atoms with E-state index in [-0.39, 0.29) is 24.5 Å². The number of hydrogen-bond donors (Lipinski definition) is 1. The van der Waals surface area contributed by atoms with Crippen LogP contribution in [0.1, 0.15) is 105 Å². The highest BCUT2D eigenvalue weighted by Crippen LogP contribution is 2.47. The topological polar surface area (TPSA) is 49.0 Å². The standard InChI is InChI=1S/C23H43NO4/c1-5-6-7-8-9-10-11-12-13-16-23(26-19-15-14-17-24-19)21-20(18(2)25-23)27-22(3,4)28-21/h18-21,24H,5-17H2,1-4H3/t18-,19?,20+,21+,23-/m1/s1. The molecular formula is C23H43NO4. The smallest absolute Gasteiger partial charge is 0.199 e. The molecule has 3 fully saturated rings. The third-order valence-corrected chi connectivity index (χ3v) is 6.40. The van der Waals surface area contributed by atoms with Crippen molar-refractivity contribution in [3.8, 4) is 0 Å². The number of fused-ring (bicyclic) bond motifs is 1. The Hall–Kier alpha value is -0.200. The second-order valence-corrected chi connectivity index (χ2v) is 9.44. The van der Waals surface area contributed by atoms with Crippen LogP contribution in [-0.4, -0.2) is 42.7 Å². The van der Waals surface area contributed by atoms with E-state index >= 15 is 0 Å². The zero-order valence-corrected chi connectivity index (χ0v) is 18.6. The van der Waals surface area contributed by atoms with Crippen LogP contribution < -0.4 is 5.32 Å². The van der Waals surface area contributed by atoms with Crippen LogP contribution in [0.25, 0.3) is 0 Å². The van der Waals surface area contributed by atoms with Gasteiger partial charge in [0, 0.05) is 6.42 Å². The lowest BCUT2D eigenvalue weighted by molar-refractivity contribution is -0.309. The lowest BCUT2D eigenvalue weighted by Gasteiger charge is -2.36. The molecule has 3 aliphatic rings. The van der Waals surface area contributed by atoms with Gasteiger partial charge in [-0.3, -0.25) is 5.32 Å². The van der Waals surface area contributed by atoms with E-state index in [0.717, 1.165) is 32.2 Å². The van der Waals surface area contributed by atoms with Crippen molar-refractivity contribution in [2.24, 2.45) is 0 Å². The Kier molecular flexibility index (Phi) is 8.20. The van der Waals surface area contributed by atoms with Gasteiger partial charge in [0.05, 0.1) is 6.10 Å². The van der Waals surface area contributed by atoms with Crippen molar-refractivity contribution in [1.29, 1.82) is 0 Å². The Balaban J connectivity index is 1.50. The molecule has 0 aliphatic carbocycles. The average Bonchev–Trinajstić information content (AvgIpc) is 3.32. The maximum Gasteiger partial charge on any atom is 0.199 e. The van der Waals surface area contributed by atoms with Crippen molar-refractivity contribution in [2.45, 2.75) is 141 Å². The Labute approximate surface area is 172 Å². The molecule has 28 heavy (non-hydrogen) atoms. The van der Waals surface area contributed by atoms with Crippen LogP contribution in [0.2, 0.25) is 0 Å². The van der Waals surface area contributed by atoms with Crippen molar-refractivity contribution in [3.63, 3.8) is 0 Å². The molecule has 0 aromatic carbocycles. The van der Waals surface area contributed by atoms with Crippen molar-refractivity contribution in [2.75, 3.05) is 6.54 Å². The molecule has 164 valence electrons. The molecule has 0 aromatic heterocycles. The molecule has 3 heterocycles. The highest BCUT2D eigenvalue weighted by Gasteiger charge is 2.62. The molecule has 0 aromatic rings. The number of hydrogen-bond acceptors (Lipinski definition) is 5. The summed E-state index contributed by atoms with van der Waals surface area (Å²) in [7, 11) is 0. The molecule has 1 unspecified atom stereocenters. The average molecular weight is 398 g/mol. The minimum atomic E-state index is -0.680. The third kappa shape index (κ3) is 5.69. The third-order valence-electron chi connectivity index (χ3n) is 6.40. The second-order valence-electron chi connectivity index (χ2n) is 9.44. The van der Waals surface area contributed by atoms with Crippen LogP contribution in [0.4, 0.5) is 0 Å². The first-order chi connectivity index (χ1) is 13.5. The van der Waals surface area contributed by atoms with Crippen molar-refractivity contribution < 1.29 is 18.9 Å². The summed E-state index contributed by atoms with van der Waals surface area (Å²) in [5.74, 6) is -1.25. The molecular weight excluding hydrogens is 354 g/mol. The Morgan fingerprint density at radius 2 is 1.61 bits per heavy atom. The zero-order valence-electron chi connectivity index (χ0n) is 18.6. The van der Waals surface area contributed by atoms with Gasteiger partial charge in [0.1, 0.15) is 18.4 Å². The molecule has 0 saturated carbocycles. The summed E-state index contributed by atoms with van der Waals surface area (Å²) in [6.07, 6.45) is 14.8. The normalized spacial score (nSPS) is 36.9. The first-order valence-corrected chi connectivity index (χ1v) is 11.9. The molecule has 5 heteroatoms. The van der Waals surface area contributed by atoms with Crippen molar-refractivity contribution >= 4 is 0 Å². The van der Waals surface area contributed by atoms with E-state index in [9.17, 15) is 0 Å². The summed E-state index contributed by atoms with van der Waals surface area (Å²) in [6.45, 7) is 9.37. The molecule has 0 radical (unpaired) electrons. The fraction of sp³-hybridized carbons (Fsp3) is 1.00. The molecule has 3 saturated heterocycles. The first kappa shape index (κ1) is 22.5. The number of nitrogens with one attached hydrogen (secondary N) is 1. The summed E-state index contributed by atoms with van der Waals surface area (Å²) in [4.78, 5) is 0. The van der Waals surface area contributed by atoms with Crippen LogP contribution in [0, 0.1) is 0 Å². The summed E-state index contributed by atoms with van der Waals surface area (Å²) in [5, 5.41) is 3.46. The first-order valence-electron chi connectivity index (χ1n) is 11.9. The predicted octanol–water partition coefficient (Wildman–Crippen LogP) is 5.27. The Bertz CT molecular complexity index is 466. The van der Waals surface area contributed by atoms with E-state index in [0.29, 0.717) is 0 Å². The van der Waals surface area contributed by atoms with Gasteiger partial charge in [-0.1, -0.05) is 58.3 Å². The highest BCUT2D eigenvalue weighted by molar-refractivity contribution is 5.02. The molecule has 5 nitrogen and oxygen atoms in total. The largest absolute Gasteiger partial charge is 0.342 e. The molecule has 1 N–H and O–H groups in total. The van der Waals surface area contributed by atoms with Crippen LogP contribution in [0.5, 0.6) is 0 Å². The fourth-order valence-corrected chi connectivity index (χ4v) is 4.95. The van der Waals surface area contributed by atoms with Crippen molar-refractivity contribution in [1.82, 2.24) is 5.32 Å². The van der Waals surface area contributed by atoms with E-state index < -0.39 is 11.6 Å². The van der Waals surface area contributed by atoms with E-state index in [2.05, 4.69) is 19.2 Å². The number of rotatable bonds is 12. The highest BCUT2D eigenvalue weighted by atomic mass is 16.8. The lowest BCUT2D eigenvalue weighted by Crippen LogP contribution is -2.49. The van der Waals surface area contributed by atoms with E-state index in [1.54, 1.807) is 0 Å². The van der Waals surface area contributed by atoms with Gasteiger partial charge in [0.15, 0.2) is 11.6 Å². The van der Waals surface area contributed by atoms with Crippen LogP contribution in [0.15, 0.2) is 0 Å². The number of ether oxygens (including phenoxy) is 4. The minimum Gasteiger partial charge on any atom is -0.342 e. The van der Waals surface area contributed by atoms with E-state index in [4.69, 9.17) is 18.9 Å². The van der Waals surface area contributed by atoms with Gasteiger partial charge in [-0.15, -0.1) is 0 Å². The van der Waals surface area contributed by atoms with Gasteiger partial charge < -0.3 is 18.9 Å². The monoisotopic (exact) mass is 397 g/mol. The Morgan fingerprint density at radius 1 is 0.929 bits per heavy atom. The SMILES string of the molecule is CCCCCCCCCCC[C@]1(OC2CCCN2)O[C@H](C)[C@@H]2OC(C)(C)O[C@@H]21. The van der Waals surface area contributed by atoms with Crippen molar-refractivity contribution in [3.05, 3.63) is 0 Å². The molecule has 3 rings (SSSR count). The zero-order chi connectivity index (χ0) is 20.0. The van der Waals surface area contributed by atoms with Gasteiger partial charge in [-0.25, -0.2) is 0 Å². The molecule has 0 spiro atoms. The van der Waals surface area contributed by atoms with E-state index in [1.807, 2.05) is 13.8 Å². The Morgan fingerprint density at radius 3 is 2.25 bits per heavy atom. The van der Waals surface area contributed by atoms with Gasteiger partial charge in [-0.05, 0) is 46.6 Å². The summed E-state index contributed by atoms with van der Waals surface area (Å²) >= 11 is 0. The fourth-order valence-electron chi connectivity index (χ4n) is 4.95. The van der Waals surface area contributed by atoms with Gasteiger partial charge in [0.2, 0.25) is 0 Å². The predicted molar refractivity (Wildman–Crippen MR) is 111 cm³/mol. The van der Waals surface area contributed by atoms with Crippen LogP contribution in [0.3, 0.4) is 0 Å².